The zero-order chi connectivity index (χ0) is 33.4. The van der Waals surface area contributed by atoms with Crippen LogP contribution < -0.4 is 0 Å². The first-order chi connectivity index (χ1) is 24.7. The quantitative estimate of drug-likeness (QED) is 0.181. The zero-order valence-electron chi connectivity index (χ0n) is 27.4. The Morgan fingerprint density at radius 1 is 0.360 bits per heavy atom. The fourth-order valence-corrected chi connectivity index (χ4v) is 6.81. The van der Waals surface area contributed by atoms with Crippen LogP contribution in [0.3, 0.4) is 0 Å². The molecule has 236 valence electrons. The second-order valence-corrected chi connectivity index (χ2v) is 12.5. The number of hydrogen-bond donors (Lipinski definition) is 0. The van der Waals surface area contributed by atoms with Crippen LogP contribution in [0.25, 0.3) is 89.5 Å². The van der Waals surface area contributed by atoms with Crippen LogP contribution in [0.15, 0.2) is 174 Å². The van der Waals surface area contributed by atoms with Gasteiger partial charge in [0.1, 0.15) is 11.2 Å². The highest BCUT2D eigenvalue weighted by atomic mass is 16.3. The third kappa shape index (κ3) is 5.33. The molecular formula is C46H31N3O. The first-order valence-electron chi connectivity index (χ1n) is 16.8. The van der Waals surface area contributed by atoms with Crippen LogP contribution >= 0.6 is 0 Å². The lowest BCUT2D eigenvalue weighted by atomic mass is 9.94. The molecule has 9 rings (SSSR count). The number of benzene rings is 7. The van der Waals surface area contributed by atoms with E-state index in [-0.39, 0.29) is 0 Å². The number of fused-ring (bicyclic) bond motifs is 3. The average molecular weight is 642 g/mol. The maximum Gasteiger partial charge on any atom is 0.164 e. The van der Waals surface area contributed by atoms with E-state index in [9.17, 15) is 0 Å². The minimum Gasteiger partial charge on any atom is -0.456 e. The maximum atomic E-state index is 6.59. The summed E-state index contributed by atoms with van der Waals surface area (Å²) in [5, 5.41) is 2.14. The highest BCUT2D eigenvalue weighted by Crippen LogP contribution is 2.42. The molecule has 7 aromatic carbocycles. The van der Waals surface area contributed by atoms with E-state index in [0.717, 1.165) is 66.4 Å². The third-order valence-electron chi connectivity index (χ3n) is 9.31. The normalized spacial score (nSPS) is 11.3. The molecule has 0 unspecified atom stereocenters. The van der Waals surface area contributed by atoms with Crippen LogP contribution in [-0.4, -0.2) is 15.0 Å². The molecular weight excluding hydrogens is 611 g/mol. The van der Waals surface area contributed by atoms with Crippen molar-refractivity contribution in [1.82, 2.24) is 15.0 Å². The highest BCUT2D eigenvalue weighted by molar-refractivity contribution is 6.14. The molecule has 0 bridgehead atoms. The first kappa shape index (κ1) is 29.5. The summed E-state index contributed by atoms with van der Waals surface area (Å²) >= 11 is 0. The van der Waals surface area contributed by atoms with Gasteiger partial charge in [0.05, 0.1) is 0 Å². The van der Waals surface area contributed by atoms with Crippen LogP contribution in [0.2, 0.25) is 0 Å². The Morgan fingerprint density at radius 3 is 1.52 bits per heavy atom. The monoisotopic (exact) mass is 641 g/mol. The Bertz CT molecular complexity index is 2630. The van der Waals surface area contributed by atoms with Gasteiger partial charge in [0.2, 0.25) is 0 Å². The number of nitrogens with zero attached hydrogens (tertiary/aromatic N) is 3. The van der Waals surface area contributed by atoms with Gasteiger partial charge in [0.15, 0.2) is 17.5 Å². The summed E-state index contributed by atoms with van der Waals surface area (Å²) < 4.78 is 6.59. The smallest absolute Gasteiger partial charge is 0.164 e. The van der Waals surface area contributed by atoms with E-state index in [4.69, 9.17) is 19.4 Å². The van der Waals surface area contributed by atoms with Gasteiger partial charge < -0.3 is 4.42 Å². The largest absolute Gasteiger partial charge is 0.456 e. The van der Waals surface area contributed by atoms with Gasteiger partial charge in [-0.15, -0.1) is 0 Å². The Labute approximate surface area is 290 Å². The standard InChI is InChI=1S/C46H31N3O/c1-30-14-11-12-21-36(30)33-24-26-35(27-25-33)45-47-44(34-19-9-4-10-20-34)48-46(49-45)39-29-42-40(28-38(39)32-17-7-3-8-18-32)43-37(22-13-23-41(43)50-42)31-15-5-2-6-16-31/h2-29H,1H3. The summed E-state index contributed by atoms with van der Waals surface area (Å²) in [4.78, 5) is 15.3. The Morgan fingerprint density at radius 2 is 0.860 bits per heavy atom. The van der Waals surface area contributed by atoms with Gasteiger partial charge in [-0.05, 0) is 64.1 Å². The van der Waals surface area contributed by atoms with Crippen LogP contribution in [0.5, 0.6) is 0 Å². The van der Waals surface area contributed by atoms with E-state index in [0.29, 0.717) is 17.5 Å². The molecule has 9 aromatic rings. The molecule has 0 spiro atoms. The molecule has 0 saturated heterocycles. The lowest BCUT2D eigenvalue weighted by Crippen LogP contribution is -2.01. The van der Waals surface area contributed by atoms with Crippen molar-refractivity contribution in [1.29, 1.82) is 0 Å². The predicted molar refractivity (Wildman–Crippen MR) is 204 cm³/mol. The van der Waals surface area contributed by atoms with Crippen molar-refractivity contribution in [3.63, 3.8) is 0 Å². The summed E-state index contributed by atoms with van der Waals surface area (Å²) in [5.41, 5.74) is 12.3. The van der Waals surface area contributed by atoms with Crippen molar-refractivity contribution in [3.8, 4) is 67.5 Å². The van der Waals surface area contributed by atoms with Crippen LogP contribution in [-0.2, 0) is 0 Å². The minimum atomic E-state index is 0.585. The molecule has 4 heteroatoms. The molecule has 50 heavy (non-hydrogen) atoms. The van der Waals surface area contributed by atoms with Gasteiger partial charge in [-0.25, -0.2) is 15.0 Å². The second-order valence-electron chi connectivity index (χ2n) is 12.5. The van der Waals surface area contributed by atoms with Gasteiger partial charge in [0.25, 0.3) is 0 Å². The topological polar surface area (TPSA) is 51.8 Å². The van der Waals surface area contributed by atoms with Crippen molar-refractivity contribution in [3.05, 3.63) is 175 Å². The van der Waals surface area contributed by atoms with Crippen molar-refractivity contribution in [2.45, 2.75) is 6.92 Å². The van der Waals surface area contributed by atoms with E-state index in [1.54, 1.807) is 0 Å². The Balaban J connectivity index is 1.27. The summed E-state index contributed by atoms with van der Waals surface area (Å²) in [6.07, 6.45) is 0. The number of furan rings is 1. The molecule has 0 radical (unpaired) electrons. The molecule has 0 aliphatic carbocycles. The summed E-state index contributed by atoms with van der Waals surface area (Å²) in [6.45, 7) is 2.14. The molecule has 0 N–H and O–H groups in total. The van der Waals surface area contributed by atoms with Gasteiger partial charge in [0, 0.05) is 27.5 Å². The van der Waals surface area contributed by atoms with E-state index in [1.807, 2.05) is 48.5 Å². The van der Waals surface area contributed by atoms with Gasteiger partial charge in [-0.3, -0.25) is 0 Å². The molecule has 0 aliphatic heterocycles. The van der Waals surface area contributed by atoms with E-state index >= 15 is 0 Å². The van der Waals surface area contributed by atoms with Crippen molar-refractivity contribution < 1.29 is 4.42 Å². The van der Waals surface area contributed by atoms with E-state index in [2.05, 4.69) is 128 Å². The second kappa shape index (κ2) is 12.4. The van der Waals surface area contributed by atoms with Gasteiger partial charge in [-0.1, -0.05) is 152 Å². The Hall–Kier alpha value is -6.65. The van der Waals surface area contributed by atoms with Gasteiger partial charge in [-0.2, -0.15) is 0 Å². The first-order valence-corrected chi connectivity index (χ1v) is 16.8. The van der Waals surface area contributed by atoms with Crippen LogP contribution in [0, 0.1) is 6.92 Å². The lowest BCUT2D eigenvalue weighted by Gasteiger charge is -2.13. The molecule has 0 amide bonds. The molecule has 2 heterocycles. The molecule has 0 atom stereocenters. The maximum absolute atomic E-state index is 6.59. The Kier molecular flexibility index (Phi) is 7.33. The summed E-state index contributed by atoms with van der Waals surface area (Å²) in [7, 11) is 0. The fraction of sp³-hybridized carbons (Fsp3) is 0.0217. The predicted octanol–water partition coefficient (Wildman–Crippen LogP) is 12.1. The van der Waals surface area contributed by atoms with Gasteiger partial charge >= 0.3 is 0 Å². The van der Waals surface area contributed by atoms with E-state index in [1.165, 1.54) is 11.1 Å². The number of rotatable bonds is 6. The fourth-order valence-electron chi connectivity index (χ4n) is 6.81. The number of hydrogen-bond acceptors (Lipinski definition) is 4. The van der Waals surface area contributed by atoms with Crippen molar-refractivity contribution in [2.24, 2.45) is 0 Å². The highest BCUT2D eigenvalue weighted by Gasteiger charge is 2.20. The lowest BCUT2D eigenvalue weighted by molar-refractivity contribution is 0.669. The summed E-state index contributed by atoms with van der Waals surface area (Å²) in [6, 6.07) is 58.5. The molecule has 2 aromatic heterocycles. The molecule has 4 nitrogen and oxygen atoms in total. The van der Waals surface area contributed by atoms with Crippen molar-refractivity contribution >= 4 is 21.9 Å². The minimum absolute atomic E-state index is 0.585. The van der Waals surface area contributed by atoms with Crippen LogP contribution in [0.4, 0.5) is 0 Å². The SMILES string of the molecule is Cc1ccccc1-c1ccc(-c2nc(-c3ccccc3)nc(-c3cc4oc5cccc(-c6ccccc6)c5c4cc3-c3ccccc3)n2)cc1. The summed E-state index contributed by atoms with van der Waals surface area (Å²) in [5.74, 6) is 1.81. The van der Waals surface area contributed by atoms with E-state index < -0.39 is 0 Å². The number of aryl methyl sites for hydroxylation is 1. The van der Waals surface area contributed by atoms with Crippen LogP contribution in [0.1, 0.15) is 5.56 Å². The average Bonchev–Trinajstić information content (AvgIpc) is 3.56. The third-order valence-corrected chi connectivity index (χ3v) is 9.31. The number of aromatic nitrogens is 3. The van der Waals surface area contributed by atoms with Crippen molar-refractivity contribution in [2.75, 3.05) is 0 Å². The zero-order valence-corrected chi connectivity index (χ0v) is 27.4. The molecule has 0 saturated carbocycles. The molecule has 0 aliphatic rings. The molecule has 0 fully saturated rings.